The summed E-state index contributed by atoms with van der Waals surface area (Å²) >= 11 is 3.39. The van der Waals surface area contributed by atoms with Crippen LogP contribution < -0.4 is 5.32 Å². The second kappa shape index (κ2) is 5.96. The lowest BCUT2D eigenvalue weighted by Crippen LogP contribution is -2.29. The van der Waals surface area contributed by atoms with Gasteiger partial charge in [-0.2, -0.15) is 0 Å². The normalized spacial score (nSPS) is 13.8. The number of rotatable bonds is 5. The molecule has 1 aromatic carbocycles. The van der Waals surface area contributed by atoms with Gasteiger partial charge in [0, 0.05) is 10.5 Å². The highest BCUT2D eigenvalue weighted by atomic mass is 79.9. The van der Waals surface area contributed by atoms with Crippen molar-refractivity contribution in [3.8, 4) is 0 Å². The second-order valence-corrected chi connectivity index (χ2v) is 6.39. The van der Waals surface area contributed by atoms with E-state index in [4.69, 9.17) is 0 Å². The minimum absolute atomic E-state index is 0.0874. The van der Waals surface area contributed by atoms with Gasteiger partial charge < -0.3 is 5.32 Å². The number of hydrogen-bond acceptors (Lipinski definition) is 1. The first-order valence-electron chi connectivity index (χ1n) is 5.95. The Bertz CT molecular complexity index is 376. The zero-order chi connectivity index (χ0) is 13.1. The lowest BCUT2D eigenvalue weighted by atomic mass is 9.80. The Labute approximate surface area is 112 Å². The fraction of sp³-hybridized carbons (Fsp3) is 0.571. The standard InChI is InChI=1S/C14H21BrFN/c1-10(17-4)8-14(2,3)9-11-7-12(15)5-6-13(11)16/h5-7,10,17H,8-9H2,1-4H3. The quantitative estimate of drug-likeness (QED) is 0.861. The number of benzene rings is 1. The fourth-order valence-corrected chi connectivity index (χ4v) is 2.61. The highest BCUT2D eigenvalue weighted by molar-refractivity contribution is 9.10. The summed E-state index contributed by atoms with van der Waals surface area (Å²) in [5, 5.41) is 3.23. The van der Waals surface area contributed by atoms with Crippen LogP contribution in [0.4, 0.5) is 4.39 Å². The summed E-state index contributed by atoms with van der Waals surface area (Å²) in [6.45, 7) is 6.52. The Kier molecular flexibility index (Phi) is 5.14. The van der Waals surface area contributed by atoms with E-state index in [9.17, 15) is 4.39 Å². The van der Waals surface area contributed by atoms with Gasteiger partial charge in [0.05, 0.1) is 0 Å². The maximum Gasteiger partial charge on any atom is 0.126 e. The number of hydrogen-bond donors (Lipinski definition) is 1. The Hall–Kier alpha value is -0.410. The highest BCUT2D eigenvalue weighted by Gasteiger charge is 2.22. The number of nitrogens with one attached hydrogen (secondary N) is 1. The Morgan fingerprint density at radius 3 is 2.65 bits per heavy atom. The van der Waals surface area contributed by atoms with E-state index in [0.29, 0.717) is 6.04 Å². The van der Waals surface area contributed by atoms with E-state index < -0.39 is 0 Å². The van der Waals surface area contributed by atoms with Crippen LogP contribution in [-0.2, 0) is 6.42 Å². The summed E-state index contributed by atoms with van der Waals surface area (Å²) in [4.78, 5) is 0. The molecule has 0 heterocycles. The highest BCUT2D eigenvalue weighted by Crippen LogP contribution is 2.29. The summed E-state index contributed by atoms with van der Waals surface area (Å²) in [6.07, 6.45) is 1.78. The third-order valence-electron chi connectivity index (χ3n) is 3.03. The molecule has 0 saturated heterocycles. The van der Waals surface area contributed by atoms with Gasteiger partial charge in [-0.15, -0.1) is 0 Å². The molecule has 0 spiro atoms. The molecule has 1 atom stereocenters. The lowest BCUT2D eigenvalue weighted by Gasteiger charge is -2.28. The van der Waals surface area contributed by atoms with Crippen molar-refractivity contribution < 1.29 is 4.39 Å². The minimum atomic E-state index is -0.113. The van der Waals surface area contributed by atoms with Crippen LogP contribution in [-0.4, -0.2) is 13.1 Å². The first-order chi connectivity index (χ1) is 7.84. The van der Waals surface area contributed by atoms with Crippen LogP contribution >= 0.6 is 15.9 Å². The van der Waals surface area contributed by atoms with E-state index >= 15 is 0 Å². The zero-order valence-electron chi connectivity index (χ0n) is 11.0. The molecule has 3 heteroatoms. The van der Waals surface area contributed by atoms with E-state index in [1.165, 1.54) is 6.07 Å². The van der Waals surface area contributed by atoms with Gasteiger partial charge >= 0.3 is 0 Å². The molecule has 0 aliphatic carbocycles. The molecule has 0 saturated carbocycles. The molecule has 0 aromatic heterocycles. The molecule has 1 rings (SSSR count). The molecular formula is C14H21BrFN. The first kappa shape index (κ1) is 14.7. The van der Waals surface area contributed by atoms with Crippen LogP contribution in [0.15, 0.2) is 22.7 Å². The molecule has 0 bridgehead atoms. The average molecular weight is 302 g/mol. The van der Waals surface area contributed by atoms with Crippen LogP contribution in [0, 0.1) is 11.2 Å². The van der Waals surface area contributed by atoms with E-state index in [1.54, 1.807) is 6.07 Å². The third-order valence-corrected chi connectivity index (χ3v) is 3.52. The van der Waals surface area contributed by atoms with E-state index in [-0.39, 0.29) is 11.2 Å². The van der Waals surface area contributed by atoms with Crippen molar-refractivity contribution in [1.82, 2.24) is 5.32 Å². The second-order valence-electron chi connectivity index (χ2n) is 5.47. The molecule has 1 N–H and O–H groups in total. The van der Waals surface area contributed by atoms with Gasteiger partial charge in [-0.3, -0.25) is 0 Å². The largest absolute Gasteiger partial charge is 0.317 e. The molecule has 1 aromatic rings. The molecule has 0 radical (unpaired) electrons. The van der Waals surface area contributed by atoms with Crippen molar-refractivity contribution in [3.05, 3.63) is 34.1 Å². The van der Waals surface area contributed by atoms with Crippen molar-refractivity contribution in [2.24, 2.45) is 5.41 Å². The Morgan fingerprint density at radius 2 is 2.06 bits per heavy atom. The van der Waals surface area contributed by atoms with Crippen LogP contribution in [0.5, 0.6) is 0 Å². The van der Waals surface area contributed by atoms with Gasteiger partial charge in [-0.05, 0) is 56.0 Å². The van der Waals surface area contributed by atoms with Crippen molar-refractivity contribution >= 4 is 15.9 Å². The smallest absolute Gasteiger partial charge is 0.126 e. The lowest BCUT2D eigenvalue weighted by molar-refractivity contribution is 0.290. The summed E-state index contributed by atoms with van der Waals surface area (Å²) in [6, 6.07) is 5.58. The third kappa shape index (κ3) is 4.76. The van der Waals surface area contributed by atoms with Crippen molar-refractivity contribution in [1.29, 1.82) is 0 Å². The molecule has 0 amide bonds. The van der Waals surface area contributed by atoms with E-state index in [0.717, 1.165) is 22.9 Å². The Morgan fingerprint density at radius 1 is 1.41 bits per heavy atom. The van der Waals surface area contributed by atoms with Gasteiger partial charge in [-0.25, -0.2) is 4.39 Å². The maximum absolute atomic E-state index is 13.7. The topological polar surface area (TPSA) is 12.0 Å². The first-order valence-corrected chi connectivity index (χ1v) is 6.74. The molecule has 1 nitrogen and oxygen atoms in total. The molecular weight excluding hydrogens is 281 g/mol. The fourth-order valence-electron chi connectivity index (χ4n) is 2.20. The van der Waals surface area contributed by atoms with Crippen molar-refractivity contribution in [2.75, 3.05) is 7.05 Å². The van der Waals surface area contributed by atoms with Crippen LogP contribution in [0.3, 0.4) is 0 Å². The molecule has 0 fully saturated rings. The van der Waals surface area contributed by atoms with Gasteiger partial charge in [0.1, 0.15) is 5.82 Å². The van der Waals surface area contributed by atoms with Gasteiger partial charge in [0.15, 0.2) is 0 Å². The Balaban J connectivity index is 2.78. The summed E-state index contributed by atoms with van der Waals surface area (Å²) in [7, 11) is 1.96. The summed E-state index contributed by atoms with van der Waals surface area (Å²) in [5.41, 5.74) is 0.872. The molecule has 1 unspecified atom stereocenters. The van der Waals surface area contributed by atoms with Crippen molar-refractivity contribution in [2.45, 2.75) is 39.7 Å². The molecule has 17 heavy (non-hydrogen) atoms. The monoisotopic (exact) mass is 301 g/mol. The molecule has 96 valence electrons. The minimum Gasteiger partial charge on any atom is -0.317 e. The average Bonchev–Trinajstić information content (AvgIpc) is 2.22. The number of halogens is 2. The van der Waals surface area contributed by atoms with Crippen LogP contribution in [0.1, 0.15) is 32.8 Å². The van der Waals surface area contributed by atoms with Crippen LogP contribution in [0.25, 0.3) is 0 Å². The van der Waals surface area contributed by atoms with Gasteiger partial charge in [-0.1, -0.05) is 29.8 Å². The molecule has 0 aliphatic rings. The predicted octanol–water partition coefficient (Wildman–Crippen LogP) is 4.15. The maximum atomic E-state index is 13.7. The zero-order valence-corrected chi connectivity index (χ0v) is 12.6. The van der Waals surface area contributed by atoms with Gasteiger partial charge in [0.2, 0.25) is 0 Å². The summed E-state index contributed by atoms with van der Waals surface area (Å²) < 4.78 is 14.6. The molecule has 0 aliphatic heterocycles. The van der Waals surface area contributed by atoms with Crippen LogP contribution in [0.2, 0.25) is 0 Å². The predicted molar refractivity (Wildman–Crippen MR) is 74.7 cm³/mol. The van der Waals surface area contributed by atoms with Crippen molar-refractivity contribution in [3.63, 3.8) is 0 Å². The van der Waals surface area contributed by atoms with E-state index in [1.807, 2.05) is 13.1 Å². The van der Waals surface area contributed by atoms with E-state index in [2.05, 4.69) is 42.0 Å². The summed E-state index contributed by atoms with van der Waals surface area (Å²) in [5.74, 6) is -0.113. The SMILES string of the molecule is CNC(C)CC(C)(C)Cc1cc(Br)ccc1F. The van der Waals surface area contributed by atoms with Gasteiger partial charge in [0.25, 0.3) is 0 Å².